The SMILES string of the molecule is CC1CCCC(C)N1NC(=O)c1ncccc1O. The van der Waals surface area contributed by atoms with Gasteiger partial charge in [0.2, 0.25) is 0 Å². The van der Waals surface area contributed by atoms with Crippen LogP contribution in [-0.2, 0) is 0 Å². The van der Waals surface area contributed by atoms with Crippen molar-refractivity contribution in [3.05, 3.63) is 24.0 Å². The maximum atomic E-state index is 12.0. The fraction of sp³-hybridized carbons (Fsp3) is 0.538. The van der Waals surface area contributed by atoms with E-state index in [0.717, 1.165) is 12.8 Å². The molecule has 0 bridgehead atoms. The maximum absolute atomic E-state index is 12.0. The molecule has 1 aliphatic heterocycles. The Bertz CT molecular complexity index is 426. The highest BCUT2D eigenvalue weighted by Crippen LogP contribution is 2.21. The van der Waals surface area contributed by atoms with Crippen molar-refractivity contribution in [2.75, 3.05) is 0 Å². The second-order valence-electron chi connectivity index (χ2n) is 4.85. The number of pyridine rings is 1. The zero-order valence-electron chi connectivity index (χ0n) is 10.8. The molecule has 2 N–H and O–H groups in total. The van der Waals surface area contributed by atoms with Gasteiger partial charge in [-0.2, -0.15) is 0 Å². The molecule has 1 aliphatic rings. The minimum Gasteiger partial charge on any atom is -0.505 e. The van der Waals surface area contributed by atoms with Gasteiger partial charge < -0.3 is 5.11 Å². The lowest BCUT2D eigenvalue weighted by atomic mass is 10.00. The Hall–Kier alpha value is -1.62. The summed E-state index contributed by atoms with van der Waals surface area (Å²) in [5.74, 6) is -0.444. The quantitative estimate of drug-likeness (QED) is 0.837. The van der Waals surface area contributed by atoms with Gasteiger partial charge in [0.1, 0.15) is 5.75 Å². The molecule has 1 aromatic heterocycles. The van der Waals surface area contributed by atoms with Crippen LogP contribution in [0.25, 0.3) is 0 Å². The number of piperidine rings is 1. The summed E-state index contributed by atoms with van der Waals surface area (Å²) in [5.41, 5.74) is 2.92. The van der Waals surface area contributed by atoms with Gasteiger partial charge >= 0.3 is 0 Å². The minimum absolute atomic E-state index is 0.0717. The third kappa shape index (κ3) is 2.61. The molecule has 0 aromatic carbocycles. The van der Waals surface area contributed by atoms with Crippen molar-refractivity contribution in [3.8, 4) is 5.75 Å². The van der Waals surface area contributed by atoms with Crippen molar-refractivity contribution < 1.29 is 9.90 Å². The molecule has 18 heavy (non-hydrogen) atoms. The van der Waals surface area contributed by atoms with E-state index in [9.17, 15) is 9.90 Å². The van der Waals surface area contributed by atoms with Crippen LogP contribution in [0.1, 0.15) is 43.6 Å². The van der Waals surface area contributed by atoms with Crippen molar-refractivity contribution >= 4 is 5.91 Å². The number of hydrogen-bond acceptors (Lipinski definition) is 4. The standard InChI is InChI=1S/C13H19N3O2/c1-9-5-3-6-10(2)16(9)15-13(18)12-11(17)7-4-8-14-12/h4,7-10,17H,3,5-6H2,1-2H3,(H,15,18). The van der Waals surface area contributed by atoms with E-state index in [-0.39, 0.29) is 17.4 Å². The average Bonchev–Trinajstić information content (AvgIpc) is 2.34. The summed E-state index contributed by atoms with van der Waals surface area (Å²) >= 11 is 0. The largest absolute Gasteiger partial charge is 0.505 e. The zero-order valence-corrected chi connectivity index (χ0v) is 10.8. The van der Waals surface area contributed by atoms with Crippen molar-refractivity contribution in [1.29, 1.82) is 0 Å². The minimum atomic E-state index is -0.353. The van der Waals surface area contributed by atoms with Gasteiger partial charge in [-0.05, 0) is 38.8 Å². The predicted octanol–water partition coefficient (Wildman–Crippen LogP) is 1.69. The van der Waals surface area contributed by atoms with E-state index in [1.807, 2.05) is 5.01 Å². The predicted molar refractivity (Wildman–Crippen MR) is 68.0 cm³/mol. The Morgan fingerprint density at radius 2 is 2.11 bits per heavy atom. The molecule has 1 amide bonds. The highest BCUT2D eigenvalue weighted by molar-refractivity contribution is 5.94. The molecule has 2 atom stereocenters. The zero-order chi connectivity index (χ0) is 13.1. The molecular weight excluding hydrogens is 230 g/mol. The molecule has 2 unspecified atom stereocenters. The fourth-order valence-electron chi connectivity index (χ4n) is 2.38. The van der Waals surface area contributed by atoms with Crippen LogP contribution in [0.15, 0.2) is 18.3 Å². The molecule has 5 nitrogen and oxygen atoms in total. The summed E-state index contributed by atoms with van der Waals surface area (Å²) in [5, 5.41) is 11.6. The Morgan fingerprint density at radius 3 is 2.72 bits per heavy atom. The molecule has 0 radical (unpaired) electrons. The van der Waals surface area contributed by atoms with Crippen LogP contribution in [0.2, 0.25) is 0 Å². The van der Waals surface area contributed by atoms with E-state index in [0.29, 0.717) is 12.1 Å². The second-order valence-corrected chi connectivity index (χ2v) is 4.85. The van der Waals surface area contributed by atoms with Crippen LogP contribution >= 0.6 is 0 Å². The topological polar surface area (TPSA) is 65.5 Å². The van der Waals surface area contributed by atoms with Crippen LogP contribution in [0.3, 0.4) is 0 Å². The monoisotopic (exact) mass is 249 g/mol. The molecule has 0 spiro atoms. The van der Waals surface area contributed by atoms with Gasteiger partial charge in [-0.25, -0.2) is 9.99 Å². The van der Waals surface area contributed by atoms with Crippen molar-refractivity contribution in [2.24, 2.45) is 0 Å². The van der Waals surface area contributed by atoms with Gasteiger partial charge in [-0.1, -0.05) is 6.42 Å². The normalized spacial score (nSPS) is 24.8. The van der Waals surface area contributed by atoms with Gasteiger partial charge in [-0.3, -0.25) is 10.2 Å². The van der Waals surface area contributed by atoms with E-state index >= 15 is 0 Å². The van der Waals surface area contributed by atoms with Crippen LogP contribution < -0.4 is 5.43 Å². The lowest BCUT2D eigenvalue weighted by Crippen LogP contribution is -2.54. The summed E-state index contributed by atoms with van der Waals surface area (Å²) in [6.07, 6.45) is 4.82. The number of hydrazine groups is 1. The number of nitrogens with zero attached hydrogens (tertiary/aromatic N) is 2. The van der Waals surface area contributed by atoms with Crippen LogP contribution in [0, 0.1) is 0 Å². The van der Waals surface area contributed by atoms with E-state index in [4.69, 9.17) is 0 Å². The number of aromatic hydroxyl groups is 1. The summed E-state index contributed by atoms with van der Waals surface area (Å²) in [6.45, 7) is 4.18. The van der Waals surface area contributed by atoms with Gasteiger partial charge in [0.25, 0.3) is 5.91 Å². The van der Waals surface area contributed by atoms with Gasteiger partial charge in [0, 0.05) is 18.3 Å². The third-order valence-corrected chi connectivity index (χ3v) is 3.43. The molecule has 98 valence electrons. The molecule has 5 heteroatoms. The number of carbonyl (C=O) groups is 1. The number of nitrogens with one attached hydrogen (secondary N) is 1. The Labute approximate surface area is 107 Å². The fourth-order valence-corrected chi connectivity index (χ4v) is 2.38. The number of hydrogen-bond donors (Lipinski definition) is 2. The molecule has 0 saturated carbocycles. The lowest BCUT2D eigenvalue weighted by molar-refractivity contribution is 0.0364. The first-order valence-electron chi connectivity index (χ1n) is 6.33. The number of rotatable bonds is 2. The van der Waals surface area contributed by atoms with Crippen molar-refractivity contribution in [1.82, 2.24) is 15.4 Å². The second kappa shape index (κ2) is 5.35. The smallest absolute Gasteiger partial charge is 0.288 e. The Balaban J connectivity index is 2.09. The van der Waals surface area contributed by atoms with Crippen LogP contribution in [0.5, 0.6) is 5.75 Å². The summed E-state index contributed by atoms with van der Waals surface area (Å²) in [6, 6.07) is 3.68. The van der Waals surface area contributed by atoms with E-state index < -0.39 is 0 Å². The lowest BCUT2D eigenvalue weighted by Gasteiger charge is -2.38. The van der Waals surface area contributed by atoms with Crippen molar-refractivity contribution in [2.45, 2.75) is 45.2 Å². The number of carbonyl (C=O) groups excluding carboxylic acids is 1. The molecule has 2 rings (SSSR count). The molecule has 2 heterocycles. The Kier molecular flexibility index (Phi) is 3.81. The average molecular weight is 249 g/mol. The van der Waals surface area contributed by atoms with E-state index in [2.05, 4.69) is 24.3 Å². The maximum Gasteiger partial charge on any atom is 0.288 e. The molecule has 1 aromatic rings. The molecule has 0 aliphatic carbocycles. The highest BCUT2D eigenvalue weighted by atomic mass is 16.3. The van der Waals surface area contributed by atoms with Gasteiger partial charge in [-0.15, -0.1) is 0 Å². The first kappa shape index (κ1) is 12.8. The highest BCUT2D eigenvalue weighted by Gasteiger charge is 2.27. The summed E-state index contributed by atoms with van der Waals surface area (Å²) < 4.78 is 0. The molecule has 1 fully saturated rings. The van der Waals surface area contributed by atoms with Crippen molar-refractivity contribution in [3.63, 3.8) is 0 Å². The van der Waals surface area contributed by atoms with Crippen LogP contribution in [0.4, 0.5) is 0 Å². The van der Waals surface area contributed by atoms with Gasteiger partial charge in [0.05, 0.1) is 0 Å². The molecular formula is C13H19N3O2. The molecule has 1 saturated heterocycles. The Morgan fingerprint density at radius 1 is 1.44 bits per heavy atom. The summed E-state index contributed by atoms with van der Waals surface area (Å²) in [4.78, 5) is 16.0. The number of amides is 1. The van der Waals surface area contributed by atoms with Gasteiger partial charge in [0.15, 0.2) is 5.69 Å². The van der Waals surface area contributed by atoms with E-state index in [1.54, 1.807) is 6.07 Å². The van der Waals surface area contributed by atoms with Crippen LogP contribution in [-0.4, -0.2) is 33.1 Å². The first-order chi connectivity index (χ1) is 8.59. The third-order valence-electron chi connectivity index (χ3n) is 3.43. The summed E-state index contributed by atoms with van der Waals surface area (Å²) in [7, 11) is 0. The number of aromatic nitrogens is 1. The van der Waals surface area contributed by atoms with E-state index in [1.165, 1.54) is 18.7 Å². The first-order valence-corrected chi connectivity index (χ1v) is 6.33.